The lowest BCUT2D eigenvalue weighted by atomic mass is 10.1. The zero-order valence-electron chi connectivity index (χ0n) is 14.9. The number of nitrogens with one attached hydrogen (secondary N) is 1. The first kappa shape index (κ1) is 17.4. The molecular weight excluding hydrogens is 356 g/mol. The van der Waals surface area contributed by atoms with Gasteiger partial charge in [-0.3, -0.25) is 5.10 Å². The first-order valence-electron chi connectivity index (χ1n) is 8.72. The molecule has 4 rings (SSSR count). The third-order valence-electron chi connectivity index (χ3n) is 4.36. The highest BCUT2D eigenvalue weighted by Crippen LogP contribution is 2.35. The van der Waals surface area contributed by atoms with E-state index in [2.05, 4.69) is 81.1 Å². The van der Waals surface area contributed by atoms with Gasteiger partial charge in [0.1, 0.15) is 18.3 Å². The van der Waals surface area contributed by atoms with Crippen molar-refractivity contribution in [1.29, 1.82) is 0 Å². The van der Waals surface area contributed by atoms with E-state index in [0.717, 1.165) is 28.5 Å². The third-order valence-corrected chi connectivity index (χ3v) is 4.56. The number of aromatic amines is 1. The molecule has 0 radical (unpaired) electrons. The highest BCUT2D eigenvalue weighted by Gasteiger charge is 2.23. The van der Waals surface area contributed by atoms with Gasteiger partial charge in [0, 0.05) is 23.5 Å². The number of hydrogen-bond donors (Lipinski definition) is 2. The van der Waals surface area contributed by atoms with Crippen LogP contribution in [0.4, 0.5) is 11.5 Å². The molecule has 7 heteroatoms. The van der Waals surface area contributed by atoms with Gasteiger partial charge in [0.15, 0.2) is 5.82 Å². The third kappa shape index (κ3) is 3.46. The van der Waals surface area contributed by atoms with Crippen LogP contribution in [0.15, 0.2) is 67.3 Å². The molecule has 0 amide bonds. The Kier molecular flexibility index (Phi) is 4.93. The number of rotatable bonds is 6. The Morgan fingerprint density at radius 2 is 1.85 bits per heavy atom. The molecule has 0 bridgehead atoms. The van der Waals surface area contributed by atoms with Crippen LogP contribution in [0.2, 0.25) is 0 Å². The van der Waals surface area contributed by atoms with E-state index in [1.54, 1.807) is 11.0 Å². The topological polar surface area (TPSA) is 62.6 Å². The van der Waals surface area contributed by atoms with E-state index in [1.807, 2.05) is 18.2 Å². The summed E-state index contributed by atoms with van der Waals surface area (Å²) < 4.78 is 1.75. The molecule has 0 fully saturated rings. The van der Waals surface area contributed by atoms with Crippen molar-refractivity contribution in [2.45, 2.75) is 6.92 Å². The van der Waals surface area contributed by atoms with Gasteiger partial charge in [-0.25, -0.2) is 9.67 Å². The second-order valence-electron chi connectivity index (χ2n) is 6.19. The molecule has 0 saturated heterocycles. The molecule has 0 aliphatic rings. The number of anilines is 2. The van der Waals surface area contributed by atoms with Gasteiger partial charge < -0.3 is 4.90 Å². The maximum Gasteiger partial charge on any atom is 0.181 e. The summed E-state index contributed by atoms with van der Waals surface area (Å²) >= 11 is 4.44. The second-order valence-corrected chi connectivity index (χ2v) is 6.63. The Bertz CT molecular complexity index is 993. The van der Waals surface area contributed by atoms with Crippen LogP contribution in [0.5, 0.6) is 0 Å². The molecular formula is C20H20N6S. The molecule has 2 heterocycles. The van der Waals surface area contributed by atoms with Gasteiger partial charge in [0.2, 0.25) is 0 Å². The van der Waals surface area contributed by atoms with Gasteiger partial charge in [0.05, 0.1) is 5.69 Å². The Morgan fingerprint density at radius 3 is 2.52 bits per heavy atom. The van der Waals surface area contributed by atoms with Gasteiger partial charge >= 0.3 is 0 Å². The number of hydrogen-bond acceptors (Lipinski definition) is 5. The van der Waals surface area contributed by atoms with Gasteiger partial charge in [-0.2, -0.15) is 22.8 Å². The predicted molar refractivity (Wildman–Crippen MR) is 111 cm³/mol. The number of para-hydroxylation sites is 1. The summed E-state index contributed by atoms with van der Waals surface area (Å²) in [5.41, 5.74) is 5.07. The summed E-state index contributed by atoms with van der Waals surface area (Å²) in [4.78, 5) is 6.26. The molecule has 0 saturated carbocycles. The Morgan fingerprint density at radius 1 is 1.07 bits per heavy atom. The molecule has 0 aliphatic carbocycles. The van der Waals surface area contributed by atoms with Crippen LogP contribution in [0.25, 0.3) is 16.9 Å². The predicted octanol–water partition coefficient (Wildman–Crippen LogP) is 4.03. The lowest BCUT2D eigenvalue weighted by Gasteiger charge is -2.23. The molecule has 0 aliphatic heterocycles. The average Bonchev–Trinajstić information content (AvgIpc) is 3.37. The maximum atomic E-state index is 4.64. The number of H-pyrrole nitrogens is 1. The quantitative estimate of drug-likeness (QED) is 0.499. The average molecular weight is 376 g/mol. The van der Waals surface area contributed by atoms with Crippen molar-refractivity contribution in [2.24, 2.45) is 0 Å². The summed E-state index contributed by atoms with van der Waals surface area (Å²) in [7, 11) is 0. The zero-order valence-corrected chi connectivity index (χ0v) is 15.8. The fourth-order valence-electron chi connectivity index (χ4n) is 3.04. The minimum Gasteiger partial charge on any atom is -0.322 e. The van der Waals surface area contributed by atoms with Crippen LogP contribution in [0.1, 0.15) is 5.56 Å². The Balaban J connectivity index is 1.89. The van der Waals surface area contributed by atoms with E-state index in [-0.39, 0.29) is 0 Å². The maximum absolute atomic E-state index is 4.64. The first-order valence-corrected chi connectivity index (χ1v) is 9.35. The zero-order chi connectivity index (χ0) is 18.6. The van der Waals surface area contributed by atoms with Gasteiger partial charge in [-0.05, 0) is 19.1 Å². The highest BCUT2D eigenvalue weighted by atomic mass is 32.1. The SMILES string of the molecule is Cc1ccc(-c2[nH]nc(N(CCS)c3ccccc3)c2-n2cncn2)cc1. The molecule has 2 aromatic heterocycles. The lowest BCUT2D eigenvalue weighted by Crippen LogP contribution is -2.21. The normalized spacial score (nSPS) is 10.9. The molecule has 136 valence electrons. The van der Waals surface area contributed by atoms with Gasteiger partial charge in [0.25, 0.3) is 0 Å². The number of aromatic nitrogens is 5. The van der Waals surface area contributed by atoms with E-state index in [4.69, 9.17) is 0 Å². The Hall–Kier alpha value is -3.06. The van der Waals surface area contributed by atoms with Crippen molar-refractivity contribution in [2.75, 3.05) is 17.2 Å². The van der Waals surface area contributed by atoms with E-state index in [9.17, 15) is 0 Å². The molecule has 1 N–H and O–H groups in total. The summed E-state index contributed by atoms with van der Waals surface area (Å²) in [5, 5.41) is 12.2. The monoisotopic (exact) mass is 376 g/mol. The minimum absolute atomic E-state index is 0.693. The largest absolute Gasteiger partial charge is 0.322 e. The second kappa shape index (κ2) is 7.67. The van der Waals surface area contributed by atoms with Crippen molar-refractivity contribution in [3.05, 3.63) is 72.8 Å². The molecule has 27 heavy (non-hydrogen) atoms. The highest BCUT2D eigenvalue weighted by molar-refractivity contribution is 7.80. The van der Waals surface area contributed by atoms with Crippen molar-refractivity contribution in [3.63, 3.8) is 0 Å². The van der Waals surface area contributed by atoms with Crippen LogP contribution in [-0.2, 0) is 0 Å². The molecule has 6 nitrogen and oxygen atoms in total. The molecule has 2 aromatic carbocycles. The van der Waals surface area contributed by atoms with Crippen molar-refractivity contribution < 1.29 is 0 Å². The van der Waals surface area contributed by atoms with Crippen LogP contribution in [0, 0.1) is 6.92 Å². The van der Waals surface area contributed by atoms with Crippen molar-refractivity contribution >= 4 is 24.1 Å². The summed E-state index contributed by atoms with van der Waals surface area (Å²) in [6, 6.07) is 18.5. The summed E-state index contributed by atoms with van der Waals surface area (Å²) in [6.07, 6.45) is 3.22. The van der Waals surface area contributed by atoms with Gasteiger partial charge in [-0.15, -0.1) is 0 Å². The smallest absolute Gasteiger partial charge is 0.181 e. The number of aryl methyl sites for hydroxylation is 1. The summed E-state index contributed by atoms with van der Waals surface area (Å²) in [5.74, 6) is 1.48. The Labute approximate surface area is 163 Å². The molecule has 0 atom stereocenters. The fraction of sp³-hybridized carbons (Fsp3) is 0.150. The summed E-state index contributed by atoms with van der Waals surface area (Å²) in [6.45, 7) is 2.79. The first-order chi connectivity index (χ1) is 13.3. The van der Waals surface area contributed by atoms with E-state index < -0.39 is 0 Å². The molecule has 4 aromatic rings. The van der Waals surface area contributed by atoms with Gasteiger partial charge in [-0.1, -0.05) is 48.0 Å². The number of nitrogens with zero attached hydrogens (tertiary/aromatic N) is 5. The van der Waals surface area contributed by atoms with E-state index in [0.29, 0.717) is 12.3 Å². The lowest BCUT2D eigenvalue weighted by molar-refractivity contribution is 0.870. The standard InChI is InChI=1S/C20H20N6S/c1-15-7-9-16(10-8-15)18-19(26-14-21-13-22-26)20(24-23-18)25(11-12-27)17-5-3-2-4-6-17/h2-10,13-14,27H,11-12H2,1H3,(H,23,24). The van der Waals surface area contributed by atoms with E-state index >= 15 is 0 Å². The molecule has 0 spiro atoms. The van der Waals surface area contributed by atoms with Crippen LogP contribution in [-0.4, -0.2) is 37.3 Å². The molecule has 0 unspecified atom stereocenters. The van der Waals surface area contributed by atoms with Crippen LogP contribution >= 0.6 is 12.6 Å². The van der Waals surface area contributed by atoms with Crippen molar-refractivity contribution in [3.8, 4) is 16.9 Å². The van der Waals surface area contributed by atoms with E-state index in [1.165, 1.54) is 11.9 Å². The van der Waals surface area contributed by atoms with Crippen molar-refractivity contribution in [1.82, 2.24) is 25.0 Å². The van der Waals surface area contributed by atoms with Crippen LogP contribution < -0.4 is 4.90 Å². The fourth-order valence-corrected chi connectivity index (χ4v) is 3.24. The number of thiol groups is 1. The van der Waals surface area contributed by atoms with Crippen LogP contribution in [0.3, 0.4) is 0 Å². The minimum atomic E-state index is 0.693. The number of benzene rings is 2.